The maximum Gasteiger partial charge on any atom is 0.213 e. The van der Waals surface area contributed by atoms with E-state index in [-0.39, 0.29) is 24.0 Å². The minimum absolute atomic E-state index is 0.234. The van der Waals surface area contributed by atoms with Gasteiger partial charge in [0.2, 0.25) is 23.7 Å². The Labute approximate surface area is 538 Å². The highest BCUT2D eigenvalue weighted by molar-refractivity contribution is 5.83. The summed E-state index contributed by atoms with van der Waals surface area (Å²) in [5.41, 5.74) is 17.6. The van der Waals surface area contributed by atoms with Crippen molar-refractivity contribution in [1.29, 1.82) is 0 Å². The number of rotatable bonds is 15. The molecule has 0 saturated heterocycles. The fraction of sp³-hybridized carbons (Fsp3) is 0.286. The molecule has 3 aromatic carbocycles. The first-order chi connectivity index (χ1) is 45.5. The van der Waals surface area contributed by atoms with E-state index in [4.69, 9.17) is 38.6 Å². The lowest BCUT2D eigenvalue weighted by atomic mass is 10.0. The average Bonchev–Trinajstić information content (AvgIpc) is 1.57. The molecule has 94 heavy (non-hydrogen) atoms. The maximum atomic E-state index is 14.5. The number of hydrogen-bond acceptors (Lipinski definition) is 17. The summed E-state index contributed by atoms with van der Waals surface area (Å²) in [7, 11) is 3.53. The van der Waals surface area contributed by atoms with Gasteiger partial charge in [0.15, 0.2) is 5.65 Å². The number of benzene rings is 3. The summed E-state index contributed by atoms with van der Waals surface area (Å²) in [6.07, 6.45) is 20.1. The van der Waals surface area contributed by atoms with Crippen molar-refractivity contribution in [3.05, 3.63) is 196 Å². The Morgan fingerprint density at radius 2 is 1.07 bits per heavy atom. The van der Waals surface area contributed by atoms with Crippen molar-refractivity contribution < 1.29 is 31.8 Å². The Bertz CT molecular complexity index is 5070. The van der Waals surface area contributed by atoms with Gasteiger partial charge in [-0.2, -0.15) is 5.10 Å². The predicted molar refractivity (Wildman–Crippen MR) is 351 cm³/mol. The topological polar surface area (TPSA) is 224 Å². The molecule has 0 radical (unpaired) electrons. The molecule has 13 aromatic rings. The number of imidazole rings is 3. The molecule has 0 bridgehead atoms. The van der Waals surface area contributed by atoms with Gasteiger partial charge in [0.1, 0.15) is 51.7 Å². The number of furan rings is 1. The summed E-state index contributed by atoms with van der Waals surface area (Å²) >= 11 is 0. The summed E-state index contributed by atoms with van der Waals surface area (Å²) in [5.74, 6) is 4.86. The van der Waals surface area contributed by atoms with Gasteiger partial charge in [-0.05, 0) is 107 Å². The van der Waals surface area contributed by atoms with Crippen molar-refractivity contribution >= 4 is 45.8 Å². The quantitative estimate of drug-likeness (QED) is 0.0868. The molecule has 16 rings (SSSR count). The van der Waals surface area contributed by atoms with Gasteiger partial charge in [-0.3, -0.25) is 17.9 Å². The van der Waals surface area contributed by atoms with Crippen LogP contribution in [0.15, 0.2) is 115 Å². The van der Waals surface area contributed by atoms with E-state index in [9.17, 15) is 13.2 Å². The number of halogens is 3. The normalized spacial score (nSPS) is 13.2. The maximum absolute atomic E-state index is 14.5. The minimum atomic E-state index is -0.287. The monoisotopic (exact) mass is 1270 g/mol. The third-order valence-corrected chi connectivity index (χ3v) is 17.3. The van der Waals surface area contributed by atoms with E-state index < -0.39 is 0 Å². The Morgan fingerprint density at radius 3 is 1.60 bits per heavy atom. The first-order valence-electron chi connectivity index (χ1n) is 31.2. The van der Waals surface area contributed by atoms with Crippen molar-refractivity contribution in [2.45, 2.75) is 106 Å². The van der Waals surface area contributed by atoms with Crippen molar-refractivity contribution in [3.8, 4) is 50.9 Å². The molecular weight excluding hydrogens is 1200 g/mol. The lowest BCUT2D eigenvalue weighted by molar-refractivity contribution is 0.356. The van der Waals surface area contributed by atoms with Crippen LogP contribution in [0, 0.1) is 52.1 Å². The van der Waals surface area contributed by atoms with Crippen molar-refractivity contribution in [1.82, 2.24) is 67.8 Å². The Balaban J connectivity index is 0.000000122. The van der Waals surface area contributed by atoms with Crippen molar-refractivity contribution in [2.24, 2.45) is 7.05 Å². The molecule has 1 aliphatic carbocycles. The molecule has 21 nitrogen and oxygen atoms in total. The molecule has 1 saturated carbocycles. The summed E-state index contributed by atoms with van der Waals surface area (Å²) in [6, 6.07) is 15.1. The second-order valence-corrected chi connectivity index (χ2v) is 24.1. The van der Waals surface area contributed by atoms with Gasteiger partial charge in [-0.1, -0.05) is 13.8 Å². The molecule has 0 spiro atoms. The number of fused-ring (bicyclic) bond motifs is 6. The number of aryl methyl sites for hydroxylation is 6. The van der Waals surface area contributed by atoms with E-state index in [1.165, 1.54) is 18.2 Å². The number of anilines is 3. The fourth-order valence-electron chi connectivity index (χ4n) is 12.2. The van der Waals surface area contributed by atoms with Crippen LogP contribution < -0.4 is 30.2 Å². The summed E-state index contributed by atoms with van der Waals surface area (Å²) < 4.78 is 72.9. The van der Waals surface area contributed by atoms with Gasteiger partial charge in [0.05, 0.1) is 60.6 Å². The number of pyridine rings is 1. The van der Waals surface area contributed by atoms with Gasteiger partial charge in [-0.25, -0.2) is 58.0 Å². The third kappa shape index (κ3) is 11.7. The zero-order valence-electron chi connectivity index (χ0n) is 53.4. The van der Waals surface area contributed by atoms with Gasteiger partial charge < -0.3 is 34.6 Å². The summed E-state index contributed by atoms with van der Waals surface area (Å²) in [5, 5.41) is 15.2. The lowest BCUT2D eigenvalue weighted by Gasteiger charge is -2.14. The molecule has 478 valence electrons. The second kappa shape index (κ2) is 24.9. The van der Waals surface area contributed by atoms with E-state index in [0.717, 1.165) is 138 Å². The van der Waals surface area contributed by atoms with Gasteiger partial charge >= 0.3 is 0 Å². The van der Waals surface area contributed by atoms with Crippen LogP contribution in [0.1, 0.15) is 106 Å². The largest absolute Gasteiger partial charge is 0.493 e. The van der Waals surface area contributed by atoms with Crippen molar-refractivity contribution in [3.63, 3.8) is 0 Å². The molecule has 1 fully saturated rings. The average molecular weight is 1270 g/mol. The van der Waals surface area contributed by atoms with Crippen LogP contribution in [0.2, 0.25) is 0 Å². The number of methoxy groups -OCH3 is 1. The van der Waals surface area contributed by atoms with Crippen LogP contribution in [-0.4, -0.2) is 88.2 Å². The minimum Gasteiger partial charge on any atom is -0.493 e. The molecular formula is C70H68F3N17O4. The molecule has 2 aliphatic heterocycles. The number of aromatic nitrogens is 14. The van der Waals surface area contributed by atoms with Gasteiger partial charge in [-0.15, -0.1) is 0 Å². The number of ether oxygens (including phenoxy) is 3. The van der Waals surface area contributed by atoms with Crippen molar-refractivity contribution in [2.75, 3.05) is 36.3 Å². The molecule has 12 heterocycles. The molecule has 24 heteroatoms. The van der Waals surface area contributed by atoms with E-state index in [0.29, 0.717) is 90.6 Å². The molecule has 0 unspecified atom stereocenters. The highest BCUT2D eigenvalue weighted by atomic mass is 19.1. The highest BCUT2D eigenvalue weighted by Gasteiger charge is 2.28. The molecule has 0 amide bonds. The predicted octanol–water partition coefficient (Wildman–Crippen LogP) is 13.5. The van der Waals surface area contributed by atoms with E-state index in [1.54, 1.807) is 62.4 Å². The van der Waals surface area contributed by atoms with Gasteiger partial charge in [0, 0.05) is 162 Å². The molecule has 0 atom stereocenters. The first kappa shape index (κ1) is 60.6. The van der Waals surface area contributed by atoms with Gasteiger partial charge in [0.25, 0.3) is 0 Å². The summed E-state index contributed by atoms with van der Waals surface area (Å²) in [6.45, 7) is 16.1. The van der Waals surface area contributed by atoms with Crippen LogP contribution in [0.25, 0.3) is 61.4 Å². The Hall–Kier alpha value is -10.9. The Morgan fingerprint density at radius 1 is 0.574 bits per heavy atom. The molecule has 3 aliphatic rings. The smallest absolute Gasteiger partial charge is 0.213 e. The third-order valence-electron chi connectivity index (χ3n) is 17.3. The Kier molecular flexibility index (Phi) is 16.1. The standard InChI is InChI=1S/C24H21FN6O.C23H25FN6O.C23H22FN5O2/c1-13-12-31-23(29-13)19(17-9-26-22(15-3-4-15)30-14(17)2)11-28-24(31)27-10-18-16-7-8-32-21(16)6-5-20(18)25;1-13(2)19-9-20(29(4)28-19)17-11-26-23(30-12-14(3)27-22(17)30)25-10-16-15-7-8-31-21(15)6-5-18(16)24;1-13-8-21(30-3)25-9-16(13)18-11-27-23(29-12-14(2)28-22(18)29)26-10-17-15-6-7-31-20(15)5-4-19(17)24/h5-9,11-12,15H,3-4,10H2,1-2H3,(H,27,28);5-6,9,11-13H,7-8,10H2,1-4H3,(H,25,26);4-5,8-9,11-12H,6-7,10H2,1-3H3,(H,26,27). The first-order valence-corrected chi connectivity index (χ1v) is 31.2. The number of nitrogens with one attached hydrogen (secondary N) is 3. The zero-order valence-corrected chi connectivity index (χ0v) is 53.4. The molecule has 10 aromatic heterocycles. The van der Waals surface area contributed by atoms with Crippen LogP contribution in [0.5, 0.6) is 17.4 Å². The van der Waals surface area contributed by atoms with Crippen LogP contribution in [-0.2, 0) is 39.5 Å². The van der Waals surface area contributed by atoms with Crippen LogP contribution in [0.3, 0.4) is 0 Å². The fourth-order valence-corrected chi connectivity index (χ4v) is 12.2. The van der Waals surface area contributed by atoms with E-state index >= 15 is 0 Å². The SMILES string of the molecule is COc1cc(C)c(-c2cnc(NCc3c(F)ccc4c3CCO4)n3cc(C)nc23)cn1.Cc1cn2c(NCc3c(F)ccc4c3CCO4)ncc(-c3cc(C(C)C)nn3C)c2n1.Cc1cn2c(NCc3c(F)ccc4occc34)ncc(-c3cnc(C4CC4)nc3C)c2n1. The van der Waals surface area contributed by atoms with E-state index in [2.05, 4.69) is 65.9 Å². The number of hydrogen-bond donors (Lipinski definition) is 3. The summed E-state index contributed by atoms with van der Waals surface area (Å²) in [4.78, 5) is 41.7. The molecule has 3 N–H and O–H groups in total. The number of nitrogens with zero attached hydrogens (tertiary/aromatic N) is 14. The van der Waals surface area contributed by atoms with E-state index in [1.807, 2.05) is 90.4 Å². The lowest BCUT2D eigenvalue weighted by Crippen LogP contribution is -2.10. The zero-order chi connectivity index (χ0) is 65.1. The second-order valence-electron chi connectivity index (χ2n) is 24.1. The highest BCUT2D eigenvalue weighted by Crippen LogP contribution is 2.40. The van der Waals surface area contributed by atoms with Crippen LogP contribution >= 0.6 is 0 Å². The van der Waals surface area contributed by atoms with Crippen LogP contribution in [0.4, 0.5) is 31.0 Å².